The summed E-state index contributed by atoms with van der Waals surface area (Å²) in [5.74, 6) is -1.50. The molecule has 0 unspecified atom stereocenters. The molecule has 6 nitrogen and oxygen atoms in total. The molecule has 1 aliphatic rings. The van der Waals surface area contributed by atoms with Crippen LogP contribution in [0.5, 0.6) is 0 Å². The van der Waals surface area contributed by atoms with Crippen molar-refractivity contribution in [3.63, 3.8) is 0 Å². The van der Waals surface area contributed by atoms with E-state index < -0.39 is 23.6 Å². The molecule has 0 fully saturated rings. The van der Waals surface area contributed by atoms with Gasteiger partial charge in [0.05, 0.1) is 37.1 Å². The SMILES string of the molecule is COC(=O)C1=C(Nc2ccc(SC)cc2C(F)(F)F)C(=O)N(CCO)C1. The Kier molecular flexibility index (Phi) is 6.19. The molecule has 1 aromatic carbocycles. The zero-order valence-corrected chi connectivity index (χ0v) is 14.8. The van der Waals surface area contributed by atoms with Gasteiger partial charge in [-0.2, -0.15) is 13.2 Å². The van der Waals surface area contributed by atoms with Gasteiger partial charge in [0.15, 0.2) is 0 Å². The van der Waals surface area contributed by atoms with Crippen LogP contribution in [0.25, 0.3) is 0 Å². The Morgan fingerprint density at radius 3 is 2.65 bits per heavy atom. The summed E-state index contributed by atoms with van der Waals surface area (Å²) < 4.78 is 44.7. The molecule has 0 bridgehead atoms. The molecule has 2 rings (SSSR count). The Labute approximate surface area is 152 Å². The fourth-order valence-electron chi connectivity index (χ4n) is 2.48. The Morgan fingerprint density at radius 2 is 2.12 bits per heavy atom. The Morgan fingerprint density at radius 1 is 1.42 bits per heavy atom. The molecule has 1 aliphatic heterocycles. The first-order chi connectivity index (χ1) is 12.2. The van der Waals surface area contributed by atoms with Crippen LogP contribution in [0.15, 0.2) is 34.4 Å². The van der Waals surface area contributed by atoms with Crippen molar-refractivity contribution in [2.75, 3.05) is 38.4 Å². The summed E-state index contributed by atoms with van der Waals surface area (Å²) in [5, 5.41) is 11.5. The van der Waals surface area contributed by atoms with Crippen LogP contribution in [0.2, 0.25) is 0 Å². The van der Waals surface area contributed by atoms with Crippen molar-refractivity contribution >= 4 is 29.3 Å². The molecule has 0 aliphatic carbocycles. The van der Waals surface area contributed by atoms with Crippen LogP contribution < -0.4 is 5.32 Å². The summed E-state index contributed by atoms with van der Waals surface area (Å²) >= 11 is 1.15. The van der Waals surface area contributed by atoms with E-state index in [1.807, 2.05) is 0 Å². The number of amides is 1. The van der Waals surface area contributed by atoms with Gasteiger partial charge in [0.2, 0.25) is 0 Å². The zero-order chi connectivity index (χ0) is 19.5. The first-order valence-electron chi connectivity index (χ1n) is 7.46. The second-order valence-electron chi connectivity index (χ2n) is 5.33. The third kappa shape index (κ3) is 4.13. The quantitative estimate of drug-likeness (QED) is 0.572. The monoisotopic (exact) mass is 390 g/mol. The van der Waals surface area contributed by atoms with E-state index in [1.54, 1.807) is 6.26 Å². The van der Waals surface area contributed by atoms with E-state index >= 15 is 0 Å². The van der Waals surface area contributed by atoms with Gasteiger partial charge in [-0.1, -0.05) is 0 Å². The maximum Gasteiger partial charge on any atom is 0.418 e. The summed E-state index contributed by atoms with van der Waals surface area (Å²) in [6.07, 6.45) is -3.00. The highest BCUT2D eigenvalue weighted by Gasteiger charge is 2.38. The minimum atomic E-state index is -4.65. The van der Waals surface area contributed by atoms with E-state index in [-0.39, 0.29) is 36.7 Å². The van der Waals surface area contributed by atoms with Gasteiger partial charge in [0.25, 0.3) is 5.91 Å². The predicted octanol–water partition coefficient (Wildman–Crippen LogP) is 2.10. The van der Waals surface area contributed by atoms with Crippen molar-refractivity contribution in [2.45, 2.75) is 11.1 Å². The number of thioether (sulfide) groups is 1. The molecule has 1 amide bonds. The molecule has 0 saturated heterocycles. The Balaban J connectivity index is 2.47. The summed E-state index contributed by atoms with van der Waals surface area (Å²) in [4.78, 5) is 25.9. The van der Waals surface area contributed by atoms with Crippen LogP contribution in [0.3, 0.4) is 0 Å². The number of nitrogens with one attached hydrogen (secondary N) is 1. The van der Waals surface area contributed by atoms with Crippen molar-refractivity contribution in [1.29, 1.82) is 0 Å². The summed E-state index contributed by atoms with van der Waals surface area (Å²) in [7, 11) is 1.11. The number of hydrogen-bond acceptors (Lipinski definition) is 6. The number of alkyl halides is 3. The van der Waals surface area contributed by atoms with Crippen molar-refractivity contribution < 1.29 is 32.6 Å². The number of esters is 1. The maximum atomic E-state index is 13.4. The number of nitrogens with zero attached hydrogens (tertiary/aromatic N) is 1. The molecule has 0 radical (unpaired) electrons. The number of carbonyl (C=O) groups excluding carboxylic acids is 2. The van der Waals surface area contributed by atoms with Crippen LogP contribution in [-0.4, -0.2) is 54.9 Å². The standard InChI is InChI=1S/C16H17F3N2O4S/c1-25-15(24)10-8-21(5-6-22)14(23)13(10)20-12-4-3-9(26-2)7-11(12)16(17,18)19/h3-4,7,20,22H,5-6,8H2,1-2H3. The number of carbonyl (C=O) groups is 2. The van der Waals surface area contributed by atoms with Gasteiger partial charge >= 0.3 is 12.1 Å². The third-order valence-corrected chi connectivity index (χ3v) is 4.47. The van der Waals surface area contributed by atoms with Crippen LogP contribution in [0.4, 0.5) is 18.9 Å². The average Bonchev–Trinajstić information content (AvgIpc) is 2.90. The fraction of sp³-hybridized carbons (Fsp3) is 0.375. The van der Waals surface area contributed by atoms with Crippen LogP contribution in [-0.2, 0) is 20.5 Å². The van der Waals surface area contributed by atoms with Gasteiger partial charge in [0, 0.05) is 11.4 Å². The first-order valence-corrected chi connectivity index (χ1v) is 8.69. The lowest BCUT2D eigenvalue weighted by Crippen LogP contribution is -2.31. The number of benzene rings is 1. The Bertz CT molecular complexity index is 750. The number of aliphatic hydroxyl groups is 1. The van der Waals surface area contributed by atoms with Gasteiger partial charge in [-0.05, 0) is 24.5 Å². The molecule has 1 aromatic rings. The smallest absolute Gasteiger partial charge is 0.418 e. The molecule has 1 heterocycles. The van der Waals surface area contributed by atoms with Crippen molar-refractivity contribution in [3.8, 4) is 0 Å². The summed E-state index contributed by atoms with van der Waals surface area (Å²) in [5.41, 5.74) is -1.67. The highest BCUT2D eigenvalue weighted by atomic mass is 32.2. The minimum absolute atomic E-state index is 0.0535. The highest BCUT2D eigenvalue weighted by molar-refractivity contribution is 7.98. The number of methoxy groups -OCH3 is 1. The fourth-order valence-corrected chi connectivity index (χ4v) is 2.92. The molecule has 0 atom stereocenters. The topological polar surface area (TPSA) is 78.9 Å². The lowest BCUT2D eigenvalue weighted by atomic mass is 10.1. The second-order valence-corrected chi connectivity index (χ2v) is 6.21. The molecular formula is C16H17F3N2O4S. The van der Waals surface area contributed by atoms with E-state index in [9.17, 15) is 22.8 Å². The van der Waals surface area contributed by atoms with Crippen LogP contribution >= 0.6 is 11.8 Å². The lowest BCUT2D eigenvalue weighted by molar-refractivity contribution is -0.137. The minimum Gasteiger partial charge on any atom is -0.466 e. The van der Waals surface area contributed by atoms with Gasteiger partial charge in [-0.25, -0.2) is 4.79 Å². The highest BCUT2D eigenvalue weighted by Crippen LogP contribution is 2.38. The molecule has 26 heavy (non-hydrogen) atoms. The molecule has 142 valence electrons. The number of hydrogen-bond donors (Lipinski definition) is 2. The van der Waals surface area contributed by atoms with Crippen molar-refractivity contribution in [2.24, 2.45) is 0 Å². The van der Waals surface area contributed by atoms with E-state index in [0.717, 1.165) is 29.8 Å². The number of rotatable bonds is 6. The summed E-state index contributed by atoms with van der Waals surface area (Å²) in [6.45, 7) is -0.551. The second kappa shape index (κ2) is 8.00. The van der Waals surface area contributed by atoms with E-state index in [4.69, 9.17) is 5.11 Å². The van der Waals surface area contributed by atoms with Gasteiger partial charge < -0.3 is 20.1 Å². The number of anilines is 1. The van der Waals surface area contributed by atoms with E-state index in [1.165, 1.54) is 12.1 Å². The molecule has 0 spiro atoms. The zero-order valence-electron chi connectivity index (χ0n) is 14.0. The third-order valence-electron chi connectivity index (χ3n) is 3.75. The number of halogens is 3. The molecular weight excluding hydrogens is 373 g/mol. The first kappa shape index (κ1) is 20.1. The molecule has 2 N–H and O–H groups in total. The number of β-amino-alcohol motifs (C(OH)–C–C–N with tert-alkyl or cyclic N) is 1. The molecule has 0 aromatic heterocycles. The average molecular weight is 390 g/mol. The lowest BCUT2D eigenvalue weighted by Gasteiger charge is -2.17. The maximum absolute atomic E-state index is 13.4. The predicted molar refractivity (Wildman–Crippen MR) is 89.6 cm³/mol. The normalized spacial score (nSPS) is 14.8. The number of aliphatic hydroxyl groups excluding tert-OH is 1. The largest absolute Gasteiger partial charge is 0.466 e. The van der Waals surface area contributed by atoms with Gasteiger partial charge in [0.1, 0.15) is 5.70 Å². The van der Waals surface area contributed by atoms with Crippen molar-refractivity contribution in [3.05, 3.63) is 35.0 Å². The van der Waals surface area contributed by atoms with Crippen molar-refractivity contribution in [1.82, 2.24) is 4.90 Å². The van der Waals surface area contributed by atoms with Crippen LogP contribution in [0, 0.1) is 0 Å². The Hall–Kier alpha value is -2.20. The summed E-state index contributed by atoms with van der Waals surface area (Å²) in [6, 6.07) is 3.65. The number of ether oxygens (including phenoxy) is 1. The molecule has 10 heteroatoms. The van der Waals surface area contributed by atoms with E-state index in [2.05, 4.69) is 10.1 Å². The van der Waals surface area contributed by atoms with E-state index in [0.29, 0.717) is 4.90 Å². The van der Waals surface area contributed by atoms with Gasteiger partial charge in [-0.3, -0.25) is 4.79 Å². The van der Waals surface area contributed by atoms with Crippen LogP contribution in [0.1, 0.15) is 5.56 Å². The molecule has 0 saturated carbocycles. The van der Waals surface area contributed by atoms with Gasteiger partial charge in [-0.15, -0.1) is 11.8 Å².